The molecule has 2 rings (SSSR count). The number of nitrogens with one attached hydrogen (secondary N) is 1. The first-order valence-electron chi connectivity index (χ1n) is 5.96. The summed E-state index contributed by atoms with van der Waals surface area (Å²) in [6.07, 6.45) is 0. The van der Waals surface area contributed by atoms with Gasteiger partial charge in [-0.1, -0.05) is 30.3 Å². The molecule has 0 aliphatic carbocycles. The van der Waals surface area contributed by atoms with Gasteiger partial charge in [-0.05, 0) is 27.6 Å². The largest absolute Gasteiger partial charge is 0.351 e. The Morgan fingerprint density at radius 3 is 2.68 bits per heavy atom. The van der Waals surface area contributed by atoms with E-state index >= 15 is 0 Å². The first-order valence-corrected chi connectivity index (χ1v) is 7.63. The Bertz CT molecular complexity index is 541. The molecule has 3 nitrogen and oxygen atoms in total. The molecule has 0 spiro atoms. The maximum Gasteiger partial charge on any atom is 0.229 e. The lowest BCUT2D eigenvalue weighted by Crippen LogP contribution is -2.32. The fourth-order valence-corrected chi connectivity index (χ4v) is 3.21. The van der Waals surface area contributed by atoms with Crippen molar-refractivity contribution in [3.63, 3.8) is 0 Å². The van der Waals surface area contributed by atoms with Crippen molar-refractivity contribution in [1.29, 1.82) is 0 Å². The second-order valence-electron chi connectivity index (χ2n) is 4.15. The number of halogens is 1. The van der Waals surface area contributed by atoms with Gasteiger partial charge >= 0.3 is 0 Å². The molecule has 1 atom stereocenters. The van der Waals surface area contributed by atoms with Gasteiger partial charge in [0.1, 0.15) is 0 Å². The van der Waals surface area contributed by atoms with Gasteiger partial charge < -0.3 is 11.1 Å². The Morgan fingerprint density at radius 1 is 1.37 bits per heavy atom. The van der Waals surface area contributed by atoms with Gasteiger partial charge in [-0.3, -0.25) is 4.79 Å². The standard InChI is InChI=1S/C14H15BrN2OS/c15-11-6-12(19-9-11)8-17-14(18)13(7-16)10-4-2-1-3-5-10/h1-6,9,13H,7-8,16H2,(H,17,18). The molecule has 0 saturated heterocycles. The van der Waals surface area contributed by atoms with Crippen LogP contribution < -0.4 is 11.1 Å². The van der Waals surface area contributed by atoms with Crippen LogP contribution in [0.5, 0.6) is 0 Å². The van der Waals surface area contributed by atoms with Crippen LogP contribution in [0.2, 0.25) is 0 Å². The Hall–Kier alpha value is -1.17. The molecule has 5 heteroatoms. The quantitative estimate of drug-likeness (QED) is 0.880. The summed E-state index contributed by atoms with van der Waals surface area (Å²) in [5, 5.41) is 4.93. The van der Waals surface area contributed by atoms with E-state index in [1.807, 2.05) is 41.8 Å². The summed E-state index contributed by atoms with van der Waals surface area (Å²) in [7, 11) is 0. The normalized spacial score (nSPS) is 12.1. The van der Waals surface area contributed by atoms with Gasteiger partial charge in [-0.15, -0.1) is 11.3 Å². The average molecular weight is 339 g/mol. The molecule has 1 unspecified atom stereocenters. The monoisotopic (exact) mass is 338 g/mol. The summed E-state index contributed by atoms with van der Waals surface area (Å²) in [5.41, 5.74) is 6.67. The van der Waals surface area contributed by atoms with Crippen molar-refractivity contribution in [1.82, 2.24) is 5.32 Å². The predicted octanol–water partition coefficient (Wildman–Crippen LogP) is 2.87. The Balaban J connectivity index is 1.98. The van der Waals surface area contributed by atoms with Gasteiger partial charge in [0.05, 0.1) is 12.5 Å². The Morgan fingerprint density at radius 2 is 2.11 bits per heavy atom. The third-order valence-corrected chi connectivity index (χ3v) is 4.51. The smallest absolute Gasteiger partial charge is 0.229 e. The second kappa shape index (κ2) is 6.84. The molecule has 0 bridgehead atoms. The van der Waals surface area contributed by atoms with Crippen molar-refractivity contribution in [2.24, 2.45) is 5.73 Å². The number of carbonyl (C=O) groups excluding carboxylic acids is 1. The minimum absolute atomic E-state index is 0.0294. The van der Waals surface area contributed by atoms with Crippen molar-refractivity contribution in [3.05, 3.63) is 56.7 Å². The molecule has 100 valence electrons. The van der Waals surface area contributed by atoms with E-state index in [4.69, 9.17) is 5.73 Å². The lowest BCUT2D eigenvalue weighted by molar-refractivity contribution is -0.122. The predicted molar refractivity (Wildman–Crippen MR) is 82.1 cm³/mol. The van der Waals surface area contributed by atoms with E-state index in [1.165, 1.54) is 0 Å². The molecular weight excluding hydrogens is 324 g/mol. The van der Waals surface area contributed by atoms with Gasteiger partial charge in [0.2, 0.25) is 5.91 Å². The lowest BCUT2D eigenvalue weighted by atomic mass is 9.98. The summed E-state index contributed by atoms with van der Waals surface area (Å²) in [4.78, 5) is 13.3. The molecule has 0 saturated carbocycles. The molecular formula is C14H15BrN2OS. The molecule has 0 aliphatic heterocycles. The molecule has 2 aromatic rings. The number of hydrogen-bond donors (Lipinski definition) is 2. The molecule has 3 N–H and O–H groups in total. The number of amides is 1. The minimum atomic E-state index is -0.287. The Kier molecular flexibility index (Phi) is 5.13. The highest BCUT2D eigenvalue weighted by Crippen LogP contribution is 2.20. The molecule has 0 fully saturated rings. The zero-order chi connectivity index (χ0) is 13.7. The Labute approximate surface area is 125 Å². The zero-order valence-electron chi connectivity index (χ0n) is 10.3. The summed E-state index contributed by atoms with van der Waals surface area (Å²) in [6, 6.07) is 11.6. The van der Waals surface area contributed by atoms with E-state index < -0.39 is 0 Å². The SMILES string of the molecule is NCC(C(=O)NCc1cc(Br)cs1)c1ccccc1. The maximum absolute atomic E-state index is 12.2. The van der Waals surface area contributed by atoms with Crippen LogP contribution in [0.3, 0.4) is 0 Å². The molecule has 1 amide bonds. The number of nitrogens with two attached hydrogens (primary N) is 1. The van der Waals surface area contributed by atoms with Crippen molar-refractivity contribution < 1.29 is 4.79 Å². The highest BCUT2D eigenvalue weighted by Gasteiger charge is 2.18. The van der Waals surface area contributed by atoms with Crippen molar-refractivity contribution in [3.8, 4) is 0 Å². The van der Waals surface area contributed by atoms with E-state index in [0.717, 1.165) is 14.9 Å². The van der Waals surface area contributed by atoms with E-state index in [9.17, 15) is 4.79 Å². The first kappa shape index (κ1) is 14.2. The van der Waals surface area contributed by atoms with Gasteiger partial charge in [-0.25, -0.2) is 0 Å². The van der Waals surface area contributed by atoms with Crippen molar-refractivity contribution in [2.75, 3.05) is 6.54 Å². The van der Waals surface area contributed by atoms with E-state index in [2.05, 4.69) is 21.2 Å². The first-order chi connectivity index (χ1) is 9.20. The summed E-state index contributed by atoms with van der Waals surface area (Å²) < 4.78 is 1.04. The number of hydrogen-bond acceptors (Lipinski definition) is 3. The zero-order valence-corrected chi connectivity index (χ0v) is 12.7. The van der Waals surface area contributed by atoms with Crippen molar-refractivity contribution in [2.45, 2.75) is 12.5 Å². The fraction of sp³-hybridized carbons (Fsp3) is 0.214. The highest BCUT2D eigenvalue weighted by molar-refractivity contribution is 9.10. The maximum atomic E-state index is 12.2. The topological polar surface area (TPSA) is 55.1 Å². The fourth-order valence-electron chi connectivity index (χ4n) is 1.82. The van der Waals surface area contributed by atoms with E-state index in [0.29, 0.717) is 13.1 Å². The molecule has 1 aromatic heterocycles. The summed E-state index contributed by atoms with van der Waals surface area (Å²) in [6.45, 7) is 0.850. The van der Waals surface area contributed by atoms with E-state index in [-0.39, 0.29) is 11.8 Å². The third kappa shape index (κ3) is 3.89. The van der Waals surface area contributed by atoms with Crippen LogP contribution in [-0.4, -0.2) is 12.5 Å². The number of rotatable bonds is 5. The molecule has 0 aliphatic rings. The lowest BCUT2D eigenvalue weighted by Gasteiger charge is -2.14. The number of carbonyl (C=O) groups is 1. The highest BCUT2D eigenvalue weighted by atomic mass is 79.9. The summed E-state index contributed by atoms with van der Waals surface area (Å²) >= 11 is 5.01. The minimum Gasteiger partial charge on any atom is -0.351 e. The molecule has 0 radical (unpaired) electrons. The van der Waals surface area contributed by atoms with Crippen LogP contribution in [-0.2, 0) is 11.3 Å². The van der Waals surface area contributed by atoms with Gasteiger partial charge in [-0.2, -0.15) is 0 Å². The summed E-state index contributed by atoms with van der Waals surface area (Å²) in [5.74, 6) is -0.317. The second-order valence-corrected chi connectivity index (χ2v) is 6.06. The van der Waals surface area contributed by atoms with Crippen molar-refractivity contribution >= 4 is 33.2 Å². The number of thiophene rings is 1. The van der Waals surface area contributed by atoms with Crippen LogP contribution >= 0.6 is 27.3 Å². The van der Waals surface area contributed by atoms with Gasteiger partial charge in [0.15, 0.2) is 0 Å². The van der Waals surface area contributed by atoms with E-state index in [1.54, 1.807) is 11.3 Å². The average Bonchev–Trinajstić information content (AvgIpc) is 2.84. The van der Waals surface area contributed by atoms with Crippen LogP contribution in [0, 0.1) is 0 Å². The number of benzene rings is 1. The van der Waals surface area contributed by atoms with Crippen LogP contribution in [0.1, 0.15) is 16.4 Å². The molecule has 1 heterocycles. The van der Waals surface area contributed by atoms with Gasteiger partial charge in [0, 0.05) is 21.3 Å². The molecule has 1 aromatic carbocycles. The molecule has 19 heavy (non-hydrogen) atoms. The third-order valence-electron chi connectivity index (χ3n) is 2.81. The van der Waals surface area contributed by atoms with Gasteiger partial charge in [0.25, 0.3) is 0 Å². The van der Waals surface area contributed by atoms with Crippen LogP contribution in [0.15, 0.2) is 46.3 Å². The van der Waals surface area contributed by atoms with Crippen LogP contribution in [0.4, 0.5) is 0 Å². The van der Waals surface area contributed by atoms with Crippen LogP contribution in [0.25, 0.3) is 0 Å².